The zero-order chi connectivity index (χ0) is 17.3. The molecule has 0 aliphatic heterocycles. The van der Waals surface area contributed by atoms with Gasteiger partial charge in [0.05, 0.1) is 13.2 Å². The first-order chi connectivity index (χ1) is 11.1. The highest BCUT2D eigenvalue weighted by Crippen LogP contribution is 2.00. The number of ketones is 1. The van der Waals surface area contributed by atoms with E-state index in [1.807, 2.05) is 0 Å². The van der Waals surface area contributed by atoms with Gasteiger partial charge in [0.15, 0.2) is 0 Å². The Kier molecular flexibility index (Phi) is 13.8. The molecule has 0 rings (SSSR count). The molecule has 0 aromatic rings. The molecule has 0 heterocycles. The quantitative estimate of drug-likeness (QED) is 0.371. The molecule has 0 fully saturated rings. The van der Waals surface area contributed by atoms with Crippen molar-refractivity contribution in [1.82, 2.24) is 10.6 Å². The maximum Gasteiger partial charge on any atom is 0.223 e. The summed E-state index contributed by atoms with van der Waals surface area (Å²) in [4.78, 5) is 34.3. The Hall–Kier alpha value is -1.87. The highest BCUT2D eigenvalue weighted by Gasteiger charge is 2.06. The molecule has 0 aromatic heterocycles. The lowest BCUT2D eigenvalue weighted by molar-refractivity contribution is -0.125. The van der Waals surface area contributed by atoms with Crippen molar-refractivity contribution in [1.29, 1.82) is 0 Å². The van der Waals surface area contributed by atoms with Crippen molar-refractivity contribution in [3.8, 4) is 12.3 Å². The first-order valence-corrected chi connectivity index (χ1v) is 8.16. The number of amides is 2. The molecular formula is C17H28N2O4. The molecule has 2 amide bonds. The van der Waals surface area contributed by atoms with Gasteiger partial charge >= 0.3 is 0 Å². The van der Waals surface area contributed by atoms with Gasteiger partial charge in [-0.2, -0.15) is 0 Å². The summed E-state index contributed by atoms with van der Waals surface area (Å²) < 4.78 is 5.28. The number of Topliss-reactive ketones (excluding diaryl/α,β-unsaturated/α-hetero) is 1. The van der Waals surface area contributed by atoms with Crippen molar-refractivity contribution in [2.24, 2.45) is 0 Å². The van der Waals surface area contributed by atoms with Crippen LogP contribution in [0.25, 0.3) is 0 Å². The van der Waals surface area contributed by atoms with Gasteiger partial charge in [-0.25, -0.2) is 0 Å². The third kappa shape index (κ3) is 14.8. The first kappa shape index (κ1) is 21.1. The Morgan fingerprint density at radius 1 is 0.957 bits per heavy atom. The Morgan fingerprint density at radius 2 is 1.70 bits per heavy atom. The fourth-order valence-electron chi connectivity index (χ4n) is 1.75. The Labute approximate surface area is 138 Å². The van der Waals surface area contributed by atoms with Gasteiger partial charge in [0, 0.05) is 38.8 Å². The van der Waals surface area contributed by atoms with Crippen LogP contribution in [0.5, 0.6) is 0 Å². The average molecular weight is 324 g/mol. The van der Waals surface area contributed by atoms with Gasteiger partial charge in [-0.15, -0.1) is 6.42 Å². The van der Waals surface area contributed by atoms with E-state index in [0.29, 0.717) is 32.6 Å². The van der Waals surface area contributed by atoms with Crippen molar-refractivity contribution in [3.63, 3.8) is 0 Å². The van der Waals surface area contributed by atoms with Crippen LogP contribution < -0.4 is 10.6 Å². The average Bonchev–Trinajstić information content (AvgIpc) is 2.54. The molecule has 0 bridgehead atoms. The summed E-state index contributed by atoms with van der Waals surface area (Å²) in [5.41, 5.74) is 0. The molecule has 2 N–H and O–H groups in total. The number of terminal acetylenes is 1. The number of nitrogens with one attached hydrogen (secondary N) is 2. The van der Waals surface area contributed by atoms with Crippen molar-refractivity contribution < 1.29 is 19.1 Å². The third-order valence-corrected chi connectivity index (χ3v) is 3.09. The summed E-state index contributed by atoms with van der Waals surface area (Å²) in [6, 6.07) is 0. The molecule has 0 aliphatic carbocycles. The van der Waals surface area contributed by atoms with E-state index in [1.54, 1.807) is 0 Å². The molecule has 6 nitrogen and oxygen atoms in total. The number of carbonyl (C=O) groups excluding carboxylic acids is 3. The van der Waals surface area contributed by atoms with E-state index >= 15 is 0 Å². The predicted octanol–water partition coefficient (Wildman–Crippen LogP) is 1.19. The normalized spacial score (nSPS) is 9.91. The minimum atomic E-state index is -0.145. The maximum absolute atomic E-state index is 11.6. The molecule has 0 spiro atoms. The van der Waals surface area contributed by atoms with Crippen LogP contribution in [-0.4, -0.2) is 43.9 Å². The second-order valence-electron chi connectivity index (χ2n) is 5.19. The Morgan fingerprint density at radius 3 is 2.39 bits per heavy atom. The van der Waals surface area contributed by atoms with Crippen molar-refractivity contribution in [2.75, 3.05) is 26.3 Å². The fraction of sp³-hybridized carbons (Fsp3) is 0.706. The fourth-order valence-corrected chi connectivity index (χ4v) is 1.75. The SMILES string of the molecule is C#CCNC(=O)CCOCCCC(=O)CCC(=O)NCCCC. The molecule has 23 heavy (non-hydrogen) atoms. The molecule has 130 valence electrons. The second kappa shape index (κ2) is 15.0. The minimum absolute atomic E-state index is 0.0611. The van der Waals surface area contributed by atoms with Crippen LogP contribution in [0.2, 0.25) is 0 Å². The molecule has 0 saturated carbocycles. The Balaban J connectivity index is 3.45. The molecular weight excluding hydrogens is 296 g/mol. The van der Waals surface area contributed by atoms with Crippen molar-refractivity contribution in [3.05, 3.63) is 0 Å². The maximum atomic E-state index is 11.6. The van der Waals surface area contributed by atoms with E-state index in [0.717, 1.165) is 12.8 Å². The van der Waals surface area contributed by atoms with Gasteiger partial charge in [0.25, 0.3) is 0 Å². The van der Waals surface area contributed by atoms with Gasteiger partial charge in [-0.3, -0.25) is 14.4 Å². The number of unbranched alkanes of at least 4 members (excludes halogenated alkanes) is 1. The summed E-state index contributed by atoms with van der Waals surface area (Å²) in [5.74, 6) is 2.16. The molecule has 6 heteroatoms. The van der Waals surface area contributed by atoms with Crippen LogP contribution in [0.3, 0.4) is 0 Å². The van der Waals surface area contributed by atoms with Gasteiger partial charge in [0.1, 0.15) is 5.78 Å². The smallest absolute Gasteiger partial charge is 0.223 e. The van der Waals surface area contributed by atoms with Crippen LogP contribution >= 0.6 is 0 Å². The number of hydrogen-bond donors (Lipinski definition) is 2. The van der Waals surface area contributed by atoms with Gasteiger partial charge in [-0.05, 0) is 12.8 Å². The van der Waals surface area contributed by atoms with Crippen LogP contribution in [-0.2, 0) is 19.1 Å². The third-order valence-electron chi connectivity index (χ3n) is 3.09. The molecule has 0 atom stereocenters. The highest BCUT2D eigenvalue weighted by molar-refractivity contribution is 5.84. The molecule has 0 radical (unpaired) electrons. The van der Waals surface area contributed by atoms with Gasteiger partial charge in [0.2, 0.25) is 11.8 Å². The van der Waals surface area contributed by atoms with Crippen LogP contribution in [0.15, 0.2) is 0 Å². The summed E-state index contributed by atoms with van der Waals surface area (Å²) in [6.07, 6.45) is 8.78. The van der Waals surface area contributed by atoms with Gasteiger partial charge < -0.3 is 15.4 Å². The predicted molar refractivity (Wildman–Crippen MR) is 88.7 cm³/mol. The Bertz CT molecular complexity index is 402. The zero-order valence-corrected chi connectivity index (χ0v) is 14.0. The largest absolute Gasteiger partial charge is 0.381 e. The van der Waals surface area contributed by atoms with E-state index < -0.39 is 0 Å². The first-order valence-electron chi connectivity index (χ1n) is 8.16. The lowest BCUT2D eigenvalue weighted by Crippen LogP contribution is -2.25. The lowest BCUT2D eigenvalue weighted by Gasteiger charge is -2.05. The standard InChI is InChI=1S/C17H28N2O4/c1-3-5-12-19-16(21)9-8-15(20)7-6-13-23-14-10-17(22)18-11-4-2/h2H,3,5-14H2,1H3,(H,18,22)(H,19,21). The van der Waals surface area contributed by atoms with Crippen molar-refractivity contribution in [2.45, 2.75) is 51.9 Å². The number of rotatable bonds is 14. The van der Waals surface area contributed by atoms with Gasteiger partial charge in [-0.1, -0.05) is 19.3 Å². The summed E-state index contributed by atoms with van der Waals surface area (Å²) in [6.45, 7) is 3.69. The van der Waals surface area contributed by atoms with Crippen molar-refractivity contribution >= 4 is 17.6 Å². The van der Waals surface area contributed by atoms with E-state index in [1.165, 1.54) is 0 Å². The van der Waals surface area contributed by atoms with Crippen LogP contribution in [0.4, 0.5) is 0 Å². The summed E-state index contributed by atoms with van der Waals surface area (Å²) >= 11 is 0. The number of hydrogen-bond acceptors (Lipinski definition) is 4. The second-order valence-corrected chi connectivity index (χ2v) is 5.19. The molecule has 0 aliphatic rings. The lowest BCUT2D eigenvalue weighted by atomic mass is 10.1. The topological polar surface area (TPSA) is 84.5 Å². The number of ether oxygens (including phenoxy) is 1. The van der Waals surface area contributed by atoms with E-state index in [-0.39, 0.29) is 43.4 Å². The number of carbonyl (C=O) groups is 3. The van der Waals surface area contributed by atoms with E-state index in [4.69, 9.17) is 11.2 Å². The minimum Gasteiger partial charge on any atom is -0.381 e. The van der Waals surface area contributed by atoms with E-state index in [2.05, 4.69) is 23.5 Å². The molecule has 0 saturated heterocycles. The van der Waals surface area contributed by atoms with Crippen LogP contribution in [0.1, 0.15) is 51.9 Å². The zero-order valence-electron chi connectivity index (χ0n) is 14.0. The highest BCUT2D eigenvalue weighted by atomic mass is 16.5. The van der Waals surface area contributed by atoms with E-state index in [9.17, 15) is 14.4 Å². The summed E-state index contributed by atoms with van der Waals surface area (Å²) in [5, 5.41) is 5.32. The molecule has 0 aromatic carbocycles. The molecule has 0 unspecified atom stereocenters. The monoisotopic (exact) mass is 324 g/mol. The summed E-state index contributed by atoms with van der Waals surface area (Å²) in [7, 11) is 0. The van der Waals surface area contributed by atoms with Crippen LogP contribution in [0, 0.1) is 12.3 Å².